The largest absolute Gasteiger partial charge is 0.398 e. The molecule has 0 saturated carbocycles. The van der Waals surface area contributed by atoms with Crippen molar-refractivity contribution >= 4 is 17.3 Å². The minimum absolute atomic E-state index is 0.0474. The number of aromatic nitrogens is 4. The Morgan fingerprint density at radius 1 is 1.10 bits per heavy atom. The van der Waals surface area contributed by atoms with Gasteiger partial charge in [0.2, 0.25) is 0 Å². The number of hydrogen-bond acceptors (Lipinski definition) is 4. The molecule has 0 spiro atoms. The Bertz CT molecular complexity index is 752. The molecular formula is C13H8ClF2N5. The summed E-state index contributed by atoms with van der Waals surface area (Å²) in [7, 11) is 0. The number of benzene rings is 2. The molecule has 1 heterocycles. The van der Waals surface area contributed by atoms with Crippen molar-refractivity contribution in [3.05, 3.63) is 53.1 Å². The second-order valence-electron chi connectivity index (χ2n) is 4.24. The molecule has 5 nitrogen and oxygen atoms in total. The van der Waals surface area contributed by atoms with Crippen LogP contribution in [0.2, 0.25) is 5.02 Å². The Morgan fingerprint density at radius 3 is 2.71 bits per heavy atom. The van der Waals surface area contributed by atoms with Crippen LogP contribution in [0.25, 0.3) is 17.1 Å². The Balaban J connectivity index is 2.22. The monoisotopic (exact) mass is 307 g/mol. The van der Waals surface area contributed by atoms with Crippen molar-refractivity contribution in [2.45, 2.75) is 0 Å². The van der Waals surface area contributed by atoms with Crippen molar-refractivity contribution in [1.29, 1.82) is 0 Å². The maximum Gasteiger partial charge on any atom is 0.189 e. The van der Waals surface area contributed by atoms with Gasteiger partial charge in [0.05, 0.1) is 0 Å². The fraction of sp³-hybridized carbons (Fsp3) is 0. The van der Waals surface area contributed by atoms with Crippen LogP contribution in [0.1, 0.15) is 0 Å². The fourth-order valence-electron chi connectivity index (χ4n) is 1.89. The minimum atomic E-state index is -0.567. The molecule has 0 aliphatic carbocycles. The Kier molecular flexibility index (Phi) is 3.26. The van der Waals surface area contributed by atoms with Gasteiger partial charge >= 0.3 is 0 Å². The number of nitrogens with two attached hydrogens (primary N) is 1. The van der Waals surface area contributed by atoms with E-state index in [1.165, 1.54) is 36.4 Å². The summed E-state index contributed by atoms with van der Waals surface area (Å²) in [5.74, 6) is -0.948. The third kappa shape index (κ3) is 2.43. The first-order chi connectivity index (χ1) is 10.1. The summed E-state index contributed by atoms with van der Waals surface area (Å²) < 4.78 is 28.4. The molecule has 0 atom stereocenters. The van der Waals surface area contributed by atoms with Gasteiger partial charge in [0.1, 0.15) is 17.3 Å². The molecule has 106 valence electrons. The zero-order valence-electron chi connectivity index (χ0n) is 10.5. The zero-order valence-corrected chi connectivity index (χ0v) is 11.2. The number of anilines is 1. The summed E-state index contributed by atoms with van der Waals surface area (Å²) in [6.45, 7) is 0. The molecule has 0 aliphatic heterocycles. The van der Waals surface area contributed by atoms with E-state index < -0.39 is 11.6 Å². The molecular weight excluding hydrogens is 300 g/mol. The topological polar surface area (TPSA) is 69.6 Å². The second-order valence-corrected chi connectivity index (χ2v) is 4.68. The summed E-state index contributed by atoms with van der Waals surface area (Å²) in [4.78, 5) is 0. The lowest BCUT2D eigenvalue weighted by atomic mass is 10.1. The maximum absolute atomic E-state index is 13.9. The first-order valence-electron chi connectivity index (χ1n) is 5.85. The van der Waals surface area contributed by atoms with Gasteiger partial charge in [-0.15, -0.1) is 5.10 Å². The van der Waals surface area contributed by atoms with Gasteiger partial charge in [-0.05, 0) is 46.8 Å². The fourth-order valence-corrected chi connectivity index (χ4v) is 2.05. The van der Waals surface area contributed by atoms with E-state index in [0.717, 1.165) is 4.68 Å². The molecule has 3 rings (SSSR count). The number of nitrogen functional groups attached to an aromatic ring is 1. The zero-order chi connectivity index (χ0) is 15.0. The molecule has 2 aromatic carbocycles. The number of halogens is 3. The van der Waals surface area contributed by atoms with Crippen LogP contribution in [0.3, 0.4) is 0 Å². The number of rotatable bonds is 2. The maximum atomic E-state index is 13.9. The predicted molar refractivity (Wildman–Crippen MR) is 73.9 cm³/mol. The quantitative estimate of drug-likeness (QED) is 0.739. The molecule has 1 aromatic heterocycles. The third-order valence-corrected chi connectivity index (χ3v) is 3.10. The Labute approximate surface area is 123 Å². The van der Waals surface area contributed by atoms with Crippen LogP contribution < -0.4 is 5.73 Å². The van der Waals surface area contributed by atoms with Gasteiger partial charge in [0.25, 0.3) is 0 Å². The molecule has 0 radical (unpaired) electrons. The van der Waals surface area contributed by atoms with Crippen LogP contribution in [0.15, 0.2) is 36.4 Å². The molecule has 0 fully saturated rings. The van der Waals surface area contributed by atoms with E-state index in [1.807, 2.05) is 0 Å². The van der Waals surface area contributed by atoms with E-state index in [4.69, 9.17) is 17.3 Å². The molecule has 0 amide bonds. The number of hydrogen-bond donors (Lipinski definition) is 1. The molecule has 0 saturated heterocycles. The molecule has 0 bridgehead atoms. The summed E-state index contributed by atoms with van der Waals surface area (Å²) in [6, 6.07) is 7.75. The highest BCUT2D eigenvalue weighted by molar-refractivity contribution is 6.30. The van der Waals surface area contributed by atoms with Gasteiger partial charge in [0.15, 0.2) is 5.82 Å². The first-order valence-corrected chi connectivity index (χ1v) is 6.23. The van der Waals surface area contributed by atoms with E-state index in [0.29, 0.717) is 5.02 Å². The van der Waals surface area contributed by atoms with E-state index >= 15 is 0 Å². The van der Waals surface area contributed by atoms with Crippen molar-refractivity contribution < 1.29 is 8.78 Å². The van der Waals surface area contributed by atoms with E-state index in [2.05, 4.69) is 15.5 Å². The standard InChI is InChI=1S/C13H8ClF2N5/c14-7-1-3-10(16)12(5-7)21-13(18-19-20-21)9-6-8(15)2-4-11(9)17/h1-6H,17H2. The van der Waals surface area contributed by atoms with Gasteiger partial charge in [-0.25, -0.2) is 8.78 Å². The summed E-state index contributed by atoms with van der Waals surface area (Å²) in [5, 5.41) is 11.3. The van der Waals surface area contributed by atoms with Crippen LogP contribution in [0, 0.1) is 11.6 Å². The average molecular weight is 308 g/mol. The highest BCUT2D eigenvalue weighted by atomic mass is 35.5. The average Bonchev–Trinajstić information content (AvgIpc) is 2.93. The molecule has 2 N–H and O–H groups in total. The van der Waals surface area contributed by atoms with Crippen molar-refractivity contribution in [2.24, 2.45) is 0 Å². The third-order valence-electron chi connectivity index (χ3n) is 2.86. The summed E-state index contributed by atoms with van der Waals surface area (Å²) in [5.41, 5.74) is 6.38. The van der Waals surface area contributed by atoms with Crippen molar-refractivity contribution in [3.63, 3.8) is 0 Å². The van der Waals surface area contributed by atoms with Crippen LogP contribution in [0.5, 0.6) is 0 Å². The van der Waals surface area contributed by atoms with Gasteiger partial charge in [-0.3, -0.25) is 0 Å². The smallest absolute Gasteiger partial charge is 0.189 e. The van der Waals surface area contributed by atoms with E-state index in [-0.39, 0.29) is 22.8 Å². The van der Waals surface area contributed by atoms with Crippen molar-refractivity contribution in [3.8, 4) is 17.1 Å². The lowest BCUT2D eigenvalue weighted by Crippen LogP contribution is -2.04. The summed E-state index contributed by atoms with van der Waals surface area (Å²) >= 11 is 5.86. The molecule has 0 unspecified atom stereocenters. The van der Waals surface area contributed by atoms with Crippen LogP contribution in [-0.2, 0) is 0 Å². The lowest BCUT2D eigenvalue weighted by molar-refractivity contribution is 0.607. The van der Waals surface area contributed by atoms with Gasteiger partial charge < -0.3 is 5.73 Å². The molecule has 8 heteroatoms. The first kappa shape index (κ1) is 13.4. The van der Waals surface area contributed by atoms with Crippen LogP contribution in [-0.4, -0.2) is 20.2 Å². The van der Waals surface area contributed by atoms with Crippen molar-refractivity contribution in [1.82, 2.24) is 20.2 Å². The van der Waals surface area contributed by atoms with Crippen LogP contribution >= 0.6 is 11.6 Å². The normalized spacial score (nSPS) is 10.8. The highest BCUT2D eigenvalue weighted by Gasteiger charge is 2.17. The summed E-state index contributed by atoms with van der Waals surface area (Å²) in [6.07, 6.45) is 0. The van der Waals surface area contributed by atoms with Gasteiger partial charge in [-0.1, -0.05) is 11.6 Å². The van der Waals surface area contributed by atoms with Crippen molar-refractivity contribution in [2.75, 3.05) is 5.73 Å². The van der Waals surface area contributed by atoms with E-state index in [9.17, 15) is 8.78 Å². The second kappa shape index (κ2) is 5.10. The van der Waals surface area contributed by atoms with E-state index in [1.54, 1.807) is 0 Å². The molecule has 0 aliphatic rings. The predicted octanol–water partition coefficient (Wildman–Crippen LogP) is 2.84. The number of nitrogens with zero attached hydrogens (tertiary/aromatic N) is 4. The Hall–Kier alpha value is -2.54. The van der Waals surface area contributed by atoms with Gasteiger partial charge in [-0.2, -0.15) is 4.68 Å². The number of tetrazole rings is 1. The molecule has 21 heavy (non-hydrogen) atoms. The Morgan fingerprint density at radius 2 is 1.90 bits per heavy atom. The van der Waals surface area contributed by atoms with Crippen LogP contribution in [0.4, 0.5) is 14.5 Å². The SMILES string of the molecule is Nc1ccc(F)cc1-c1nnnn1-c1cc(Cl)ccc1F. The highest BCUT2D eigenvalue weighted by Crippen LogP contribution is 2.27. The van der Waals surface area contributed by atoms with Gasteiger partial charge in [0, 0.05) is 16.3 Å². The lowest BCUT2D eigenvalue weighted by Gasteiger charge is -2.08. The molecule has 3 aromatic rings. The minimum Gasteiger partial charge on any atom is -0.398 e.